The molecule has 3 rings (SSSR count). The molecule has 2 N–H and O–H groups in total. The standard InChI is InChI=1S/C22H27F6N3O2/c1-13(2)11-29-18(32)12-31-5-3-20(4-6-31)10-17(20)30-19(33)14-7-15(21(23,24)25)9-16(8-14)22(26,27)28/h7-9,13,17H,3-6,10-12H2,1-2H3,(H,29,32)(H,30,33)/t17-/m1/s1. The number of hydrogen-bond acceptors (Lipinski definition) is 3. The van der Waals surface area contributed by atoms with E-state index in [0.29, 0.717) is 56.9 Å². The Hall–Kier alpha value is -2.30. The highest BCUT2D eigenvalue weighted by Gasteiger charge is 2.55. The molecular weight excluding hydrogens is 452 g/mol. The average Bonchev–Trinajstić information content (AvgIpc) is 3.37. The van der Waals surface area contributed by atoms with Gasteiger partial charge in [-0.2, -0.15) is 26.3 Å². The van der Waals surface area contributed by atoms with Crippen molar-refractivity contribution in [2.75, 3.05) is 26.2 Å². The summed E-state index contributed by atoms with van der Waals surface area (Å²) in [5.74, 6) is -0.673. The summed E-state index contributed by atoms with van der Waals surface area (Å²) in [5.41, 5.74) is -3.93. The van der Waals surface area contributed by atoms with Gasteiger partial charge in [0, 0.05) is 18.2 Å². The van der Waals surface area contributed by atoms with Crippen LogP contribution in [-0.2, 0) is 17.1 Å². The Balaban J connectivity index is 1.58. The second kappa shape index (κ2) is 9.15. The zero-order valence-electron chi connectivity index (χ0n) is 18.4. The molecule has 1 aromatic carbocycles. The second-order valence-corrected chi connectivity index (χ2v) is 9.36. The van der Waals surface area contributed by atoms with Gasteiger partial charge >= 0.3 is 12.4 Å². The highest BCUT2D eigenvalue weighted by molar-refractivity contribution is 5.95. The maximum absolute atomic E-state index is 13.0. The first kappa shape index (κ1) is 25.3. The molecule has 1 aromatic rings. The summed E-state index contributed by atoms with van der Waals surface area (Å²) >= 11 is 0. The number of likely N-dealkylation sites (tertiary alicyclic amines) is 1. The first-order valence-corrected chi connectivity index (χ1v) is 10.8. The van der Waals surface area contributed by atoms with Crippen molar-refractivity contribution in [2.24, 2.45) is 11.3 Å². The average molecular weight is 479 g/mol. The van der Waals surface area contributed by atoms with E-state index in [0.717, 1.165) is 0 Å². The van der Waals surface area contributed by atoms with Gasteiger partial charge in [0.15, 0.2) is 0 Å². The Morgan fingerprint density at radius 1 is 1.03 bits per heavy atom. The van der Waals surface area contributed by atoms with Crippen molar-refractivity contribution in [1.82, 2.24) is 15.5 Å². The van der Waals surface area contributed by atoms with Crippen molar-refractivity contribution in [1.29, 1.82) is 0 Å². The predicted octanol–water partition coefficient (Wildman–Crippen LogP) is 4.08. The molecule has 1 heterocycles. The Labute approximate surface area is 187 Å². The predicted molar refractivity (Wildman–Crippen MR) is 108 cm³/mol. The van der Waals surface area contributed by atoms with Crippen LogP contribution in [0.4, 0.5) is 26.3 Å². The molecule has 1 saturated carbocycles. The lowest BCUT2D eigenvalue weighted by Gasteiger charge is -2.32. The summed E-state index contributed by atoms with van der Waals surface area (Å²) in [4.78, 5) is 26.5. The van der Waals surface area contributed by atoms with E-state index in [1.54, 1.807) is 0 Å². The molecule has 2 amide bonds. The van der Waals surface area contributed by atoms with Crippen molar-refractivity contribution in [3.05, 3.63) is 34.9 Å². The summed E-state index contributed by atoms with van der Waals surface area (Å²) in [6.45, 7) is 6.11. The van der Waals surface area contributed by atoms with E-state index < -0.39 is 35.0 Å². The molecule has 0 radical (unpaired) electrons. The van der Waals surface area contributed by atoms with E-state index in [4.69, 9.17) is 0 Å². The van der Waals surface area contributed by atoms with Gasteiger partial charge in [-0.25, -0.2) is 0 Å². The first-order valence-electron chi connectivity index (χ1n) is 10.8. The molecule has 0 aromatic heterocycles. The molecule has 184 valence electrons. The van der Waals surface area contributed by atoms with Gasteiger partial charge in [-0.05, 0) is 61.9 Å². The lowest BCUT2D eigenvalue weighted by atomic mass is 9.92. The van der Waals surface area contributed by atoms with Crippen LogP contribution in [0.3, 0.4) is 0 Å². The van der Waals surface area contributed by atoms with E-state index in [2.05, 4.69) is 10.6 Å². The zero-order chi connectivity index (χ0) is 24.6. The van der Waals surface area contributed by atoms with Crippen LogP contribution in [0.15, 0.2) is 18.2 Å². The Morgan fingerprint density at radius 3 is 2.06 bits per heavy atom. The molecule has 2 fully saturated rings. The molecule has 1 aliphatic heterocycles. The van der Waals surface area contributed by atoms with Crippen molar-refractivity contribution < 1.29 is 35.9 Å². The minimum Gasteiger partial charge on any atom is -0.355 e. The van der Waals surface area contributed by atoms with Crippen LogP contribution in [-0.4, -0.2) is 48.9 Å². The number of nitrogens with zero attached hydrogens (tertiary/aromatic N) is 1. The number of halogens is 6. The quantitative estimate of drug-likeness (QED) is 0.605. The SMILES string of the molecule is CC(C)CNC(=O)CN1CCC2(CC1)C[C@H]2NC(=O)c1cc(C(F)(F)F)cc(C(F)(F)F)c1. The van der Waals surface area contributed by atoms with Gasteiger partial charge in [-0.3, -0.25) is 14.5 Å². The minimum atomic E-state index is -5.01. The molecule has 0 unspecified atom stereocenters. The topological polar surface area (TPSA) is 61.4 Å². The van der Waals surface area contributed by atoms with E-state index in [1.165, 1.54) is 0 Å². The van der Waals surface area contributed by atoms with E-state index >= 15 is 0 Å². The molecular formula is C22H27F6N3O2. The Bertz CT molecular complexity index is 857. The lowest BCUT2D eigenvalue weighted by molar-refractivity contribution is -0.143. The number of rotatable bonds is 6. The van der Waals surface area contributed by atoms with Gasteiger partial charge < -0.3 is 10.6 Å². The highest BCUT2D eigenvalue weighted by Crippen LogP contribution is 2.54. The highest BCUT2D eigenvalue weighted by atomic mass is 19.4. The minimum absolute atomic E-state index is 0.00241. The Morgan fingerprint density at radius 2 is 1.58 bits per heavy atom. The molecule has 2 aliphatic rings. The lowest BCUT2D eigenvalue weighted by Crippen LogP contribution is -2.44. The molecule has 1 aliphatic carbocycles. The van der Waals surface area contributed by atoms with Crippen LogP contribution in [0.25, 0.3) is 0 Å². The summed E-state index contributed by atoms with van der Waals surface area (Å²) < 4.78 is 78.3. The van der Waals surface area contributed by atoms with Crippen LogP contribution in [0.1, 0.15) is 54.6 Å². The fraction of sp³-hybridized carbons (Fsp3) is 0.636. The van der Waals surface area contributed by atoms with Crippen molar-refractivity contribution in [3.63, 3.8) is 0 Å². The zero-order valence-corrected chi connectivity index (χ0v) is 18.4. The van der Waals surface area contributed by atoms with Gasteiger partial charge in [0.25, 0.3) is 5.91 Å². The number of carbonyl (C=O) groups excluding carboxylic acids is 2. The number of hydrogen-bond donors (Lipinski definition) is 2. The van der Waals surface area contributed by atoms with Crippen LogP contribution in [0, 0.1) is 11.3 Å². The van der Waals surface area contributed by atoms with Gasteiger partial charge in [0.05, 0.1) is 17.7 Å². The van der Waals surface area contributed by atoms with Gasteiger partial charge in [0.2, 0.25) is 5.91 Å². The second-order valence-electron chi connectivity index (χ2n) is 9.36. The van der Waals surface area contributed by atoms with Crippen LogP contribution < -0.4 is 10.6 Å². The molecule has 1 atom stereocenters. The van der Waals surface area contributed by atoms with Crippen LogP contribution >= 0.6 is 0 Å². The Kier molecular flexibility index (Phi) is 7.02. The largest absolute Gasteiger partial charge is 0.416 e. The smallest absolute Gasteiger partial charge is 0.355 e. The monoisotopic (exact) mass is 479 g/mol. The molecule has 33 heavy (non-hydrogen) atoms. The van der Waals surface area contributed by atoms with E-state index in [1.807, 2.05) is 18.7 Å². The van der Waals surface area contributed by atoms with Crippen molar-refractivity contribution >= 4 is 11.8 Å². The molecule has 1 spiro atoms. The number of benzene rings is 1. The summed E-state index contributed by atoms with van der Waals surface area (Å²) in [6.07, 6.45) is -8.04. The van der Waals surface area contributed by atoms with Crippen LogP contribution in [0.5, 0.6) is 0 Å². The number of piperidine rings is 1. The van der Waals surface area contributed by atoms with Crippen LogP contribution in [0.2, 0.25) is 0 Å². The first-order chi connectivity index (χ1) is 15.2. The fourth-order valence-electron chi connectivity index (χ4n) is 4.17. The molecule has 5 nitrogen and oxygen atoms in total. The maximum atomic E-state index is 13.0. The summed E-state index contributed by atoms with van der Waals surface area (Å²) in [7, 11) is 0. The number of carbonyl (C=O) groups is 2. The summed E-state index contributed by atoms with van der Waals surface area (Å²) in [5, 5.41) is 5.46. The van der Waals surface area contributed by atoms with Crippen molar-refractivity contribution in [3.8, 4) is 0 Å². The van der Waals surface area contributed by atoms with E-state index in [-0.39, 0.29) is 30.0 Å². The van der Waals surface area contributed by atoms with Gasteiger partial charge in [0.1, 0.15) is 0 Å². The third-order valence-electron chi connectivity index (χ3n) is 6.27. The van der Waals surface area contributed by atoms with Gasteiger partial charge in [-0.15, -0.1) is 0 Å². The third kappa shape index (κ3) is 6.39. The number of nitrogens with one attached hydrogen (secondary N) is 2. The number of amides is 2. The van der Waals surface area contributed by atoms with E-state index in [9.17, 15) is 35.9 Å². The molecule has 0 bridgehead atoms. The molecule has 1 saturated heterocycles. The van der Waals surface area contributed by atoms with Gasteiger partial charge in [-0.1, -0.05) is 13.8 Å². The molecule has 11 heteroatoms. The summed E-state index contributed by atoms with van der Waals surface area (Å²) in [6, 6.07) is 0.573. The fourth-order valence-corrected chi connectivity index (χ4v) is 4.17. The normalized spacial score (nSPS) is 20.7. The van der Waals surface area contributed by atoms with Crippen molar-refractivity contribution in [2.45, 2.75) is 51.5 Å². The number of alkyl halides is 6. The maximum Gasteiger partial charge on any atom is 0.416 e. The third-order valence-corrected chi connectivity index (χ3v) is 6.27.